The van der Waals surface area contributed by atoms with Gasteiger partial charge in [-0.25, -0.2) is 0 Å². The fourth-order valence-electron chi connectivity index (χ4n) is 7.04. The Morgan fingerprint density at radius 1 is 1.12 bits per heavy atom. The van der Waals surface area contributed by atoms with E-state index in [0.717, 1.165) is 19.3 Å². The summed E-state index contributed by atoms with van der Waals surface area (Å²) in [4.78, 5) is 23.3. The van der Waals surface area contributed by atoms with Crippen LogP contribution >= 0.6 is 0 Å². The molecule has 4 aliphatic rings. The van der Waals surface area contributed by atoms with Crippen LogP contribution in [0.2, 0.25) is 0 Å². The van der Waals surface area contributed by atoms with Crippen LogP contribution in [0.5, 0.6) is 0 Å². The zero-order chi connectivity index (χ0) is 17.1. The summed E-state index contributed by atoms with van der Waals surface area (Å²) in [6.45, 7) is 6.86. The van der Waals surface area contributed by atoms with E-state index in [1.807, 2.05) is 6.08 Å². The predicted molar refractivity (Wildman–Crippen MR) is 95.4 cm³/mol. The van der Waals surface area contributed by atoms with E-state index in [1.165, 1.54) is 30.4 Å². The van der Waals surface area contributed by atoms with Gasteiger partial charge in [-0.05, 0) is 85.7 Å². The van der Waals surface area contributed by atoms with E-state index in [0.29, 0.717) is 30.0 Å². The van der Waals surface area contributed by atoms with Crippen LogP contribution in [0, 0.1) is 33.5 Å². The van der Waals surface area contributed by atoms with Gasteiger partial charge in [0.2, 0.25) is 0 Å². The molecule has 0 bridgehead atoms. The minimum absolute atomic E-state index is 0.110. The molecule has 0 spiro atoms. The molecule has 130 valence electrons. The number of allylic oxidation sites excluding steroid dienone is 2. The first-order chi connectivity index (χ1) is 11.4. The maximum atomic E-state index is 11.9. The minimum Gasteiger partial charge on any atom is -0.295 e. The molecule has 3 heteroatoms. The summed E-state index contributed by atoms with van der Waals surface area (Å²) in [6.07, 6.45) is 11.5. The van der Waals surface area contributed by atoms with Gasteiger partial charge in [0.05, 0.1) is 0 Å². The highest BCUT2D eigenvalue weighted by Gasteiger charge is 2.59. The number of ketones is 1. The molecule has 0 aromatic heterocycles. The lowest BCUT2D eigenvalue weighted by Gasteiger charge is -2.57. The summed E-state index contributed by atoms with van der Waals surface area (Å²) in [5, 5.41) is 3.48. The lowest BCUT2D eigenvalue weighted by Crippen LogP contribution is -2.49. The zero-order valence-corrected chi connectivity index (χ0v) is 15.2. The highest BCUT2D eigenvalue weighted by atomic mass is 16.3. The van der Waals surface area contributed by atoms with E-state index in [1.54, 1.807) is 0 Å². The van der Waals surface area contributed by atoms with Gasteiger partial charge in [-0.2, -0.15) is 4.91 Å². The third-order valence-corrected chi connectivity index (χ3v) is 8.29. The van der Waals surface area contributed by atoms with Crippen LogP contribution in [0.1, 0.15) is 65.7 Å². The third-order valence-electron chi connectivity index (χ3n) is 8.29. The minimum atomic E-state index is -0.110. The van der Waals surface area contributed by atoms with Crippen molar-refractivity contribution < 1.29 is 4.79 Å². The molecule has 4 rings (SSSR count). The SMILES string of the molecule is CC=C1[C@H](N=O)CC2C3CCC4=CC(=O)CC[C@]4(C)C3CC[C@]12C. The summed E-state index contributed by atoms with van der Waals surface area (Å²) in [5.74, 6) is 2.26. The second-order valence-corrected chi connectivity index (χ2v) is 9.03. The third kappa shape index (κ3) is 1.99. The largest absolute Gasteiger partial charge is 0.295 e. The molecule has 0 aliphatic heterocycles. The van der Waals surface area contributed by atoms with Crippen molar-refractivity contribution in [1.29, 1.82) is 0 Å². The van der Waals surface area contributed by atoms with Crippen molar-refractivity contribution in [2.75, 3.05) is 0 Å². The number of hydrogen-bond donors (Lipinski definition) is 0. The van der Waals surface area contributed by atoms with Crippen molar-refractivity contribution in [3.05, 3.63) is 28.2 Å². The number of carbonyl (C=O) groups is 1. The Morgan fingerprint density at radius 3 is 2.62 bits per heavy atom. The van der Waals surface area contributed by atoms with Gasteiger partial charge in [0.1, 0.15) is 6.04 Å². The molecular weight excluding hydrogens is 298 g/mol. The predicted octanol–water partition coefficient (Wildman–Crippen LogP) is 5.21. The quantitative estimate of drug-likeness (QED) is 0.490. The summed E-state index contributed by atoms with van der Waals surface area (Å²) in [6, 6.07) is -0.110. The topological polar surface area (TPSA) is 46.5 Å². The Bertz CT molecular complexity index is 648. The first-order valence-corrected chi connectivity index (χ1v) is 9.67. The summed E-state index contributed by atoms with van der Waals surface area (Å²) in [7, 11) is 0. The molecule has 3 nitrogen and oxygen atoms in total. The molecule has 4 aliphatic carbocycles. The Kier molecular flexibility index (Phi) is 3.63. The van der Waals surface area contributed by atoms with Crippen molar-refractivity contribution in [2.24, 2.45) is 33.8 Å². The van der Waals surface area contributed by atoms with E-state index >= 15 is 0 Å². The number of carbonyl (C=O) groups excluding carboxylic acids is 1. The van der Waals surface area contributed by atoms with Crippen LogP contribution in [-0.2, 0) is 4.79 Å². The molecule has 3 saturated carbocycles. The standard InChI is InChI=1S/C21H29NO2/c1-4-16-19(22-24)12-18-15-6-5-13-11-14(23)7-9-20(13,2)17(15)8-10-21(16,18)3/h4,11,15,17-19H,5-10,12H2,1-3H3/t15?,17?,18?,19-,20+,21-/m1/s1. The lowest BCUT2D eigenvalue weighted by molar-refractivity contribution is -0.117. The first kappa shape index (κ1) is 16.2. The van der Waals surface area contributed by atoms with Crippen LogP contribution in [0.15, 0.2) is 28.5 Å². The maximum Gasteiger partial charge on any atom is 0.155 e. The average Bonchev–Trinajstić information content (AvgIpc) is 2.87. The second-order valence-electron chi connectivity index (χ2n) is 9.03. The molecular formula is C21H29NO2. The number of nitrogens with zero attached hydrogens (tertiary/aromatic N) is 1. The van der Waals surface area contributed by atoms with Crippen LogP contribution in [-0.4, -0.2) is 11.8 Å². The van der Waals surface area contributed by atoms with Gasteiger partial charge in [-0.1, -0.05) is 30.7 Å². The van der Waals surface area contributed by atoms with E-state index in [4.69, 9.17) is 0 Å². The normalized spacial score (nSPS) is 49.2. The van der Waals surface area contributed by atoms with Crippen molar-refractivity contribution >= 4 is 5.78 Å². The van der Waals surface area contributed by atoms with Gasteiger partial charge < -0.3 is 0 Å². The van der Waals surface area contributed by atoms with Gasteiger partial charge >= 0.3 is 0 Å². The van der Waals surface area contributed by atoms with Crippen LogP contribution in [0.4, 0.5) is 0 Å². The van der Waals surface area contributed by atoms with E-state index in [2.05, 4.69) is 32.0 Å². The fraction of sp³-hybridized carbons (Fsp3) is 0.762. The molecule has 3 unspecified atom stereocenters. The van der Waals surface area contributed by atoms with Gasteiger partial charge in [0, 0.05) is 6.42 Å². The molecule has 0 saturated heterocycles. The van der Waals surface area contributed by atoms with E-state index in [-0.39, 0.29) is 16.9 Å². The summed E-state index contributed by atoms with van der Waals surface area (Å²) in [5.41, 5.74) is 3.08. The second kappa shape index (κ2) is 5.37. The Balaban J connectivity index is 1.71. The fourth-order valence-corrected chi connectivity index (χ4v) is 7.04. The van der Waals surface area contributed by atoms with Crippen molar-refractivity contribution in [3.8, 4) is 0 Å². The summed E-state index contributed by atoms with van der Waals surface area (Å²) < 4.78 is 0. The molecule has 0 aromatic carbocycles. The van der Waals surface area contributed by atoms with Crippen LogP contribution < -0.4 is 0 Å². The highest BCUT2D eigenvalue weighted by Crippen LogP contribution is 2.66. The molecule has 24 heavy (non-hydrogen) atoms. The molecule has 6 atom stereocenters. The number of rotatable bonds is 1. The molecule has 0 heterocycles. The lowest BCUT2D eigenvalue weighted by atomic mass is 9.47. The van der Waals surface area contributed by atoms with Crippen molar-refractivity contribution in [1.82, 2.24) is 0 Å². The van der Waals surface area contributed by atoms with E-state index in [9.17, 15) is 9.70 Å². The van der Waals surface area contributed by atoms with Crippen molar-refractivity contribution in [3.63, 3.8) is 0 Å². The number of nitroso groups, excluding NO2 is 1. The molecule has 0 N–H and O–H groups in total. The Labute approximate surface area is 144 Å². The summed E-state index contributed by atoms with van der Waals surface area (Å²) >= 11 is 0. The maximum absolute atomic E-state index is 11.9. The molecule has 0 aromatic rings. The zero-order valence-electron chi connectivity index (χ0n) is 15.2. The smallest absolute Gasteiger partial charge is 0.155 e. The van der Waals surface area contributed by atoms with Crippen molar-refractivity contribution in [2.45, 2.75) is 71.8 Å². The van der Waals surface area contributed by atoms with Gasteiger partial charge in [0.15, 0.2) is 5.78 Å². The van der Waals surface area contributed by atoms with Crippen LogP contribution in [0.3, 0.4) is 0 Å². The van der Waals surface area contributed by atoms with Gasteiger partial charge in [-0.3, -0.25) is 4.79 Å². The Hall–Kier alpha value is -1.25. The monoisotopic (exact) mass is 327 g/mol. The molecule has 0 radical (unpaired) electrons. The molecule has 3 fully saturated rings. The average molecular weight is 327 g/mol. The van der Waals surface area contributed by atoms with E-state index < -0.39 is 0 Å². The van der Waals surface area contributed by atoms with Gasteiger partial charge in [-0.15, -0.1) is 0 Å². The molecule has 0 amide bonds. The highest BCUT2D eigenvalue weighted by molar-refractivity contribution is 5.91. The Morgan fingerprint density at radius 2 is 1.92 bits per heavy atom. The first-order valence-electron chi connectivity index (χ1n) is 9.67. The number of fused-ring (bicyclic) bond motifs is 5. The number of hydrogen-bond acceptors (Lipinski definition) is 3. The van der Waals surface area contributed by atoms with Gasteiger partial charge in [0.25, 0.3) is 0 Å². The van der Waals surface area contributed by atoms with Crippen LogP contribution in [0.25, 0.3) is 0 Å².